The number of hydrogen-bond donors (Lipinski definition) is 2. The molecule has 1 fully saturated rings. The highest BCUT2D eigenvalue weighted by atomic mass is 16.6. The van der Waals surface area contributed by atoms with Crippen LogP contribution in [0.25, 0.3) is 0 Å². The Morgan fingerprint density at radius 1 is 1.56 bits per heavy atom. The van der Waals surface area contributed by atoms with Gasteiger partial charge in [-0.1, -0.05) is 0 Å². The zero-order chi connectivity index (χ0) is 13.0. The average molecular weight is 247 g/mol. The molecular formula is C11H13N5O2. The van der Waals surface area contributed by atoms with Crippen molar-refractivity contribution in [3.8, 4) is 6.07 Å². The fourth-order valence-electron chi connectivity index (χ4n) is 1.99. The molecule has 1 aromatic rings. The largest absolute Gasteiger partial charge is 0.361 e. The van der Waals surface area contributed by atoms with Gasteiger partial charge in [0.05, 0.1) is 4.92 Å². The summed E-state index contributed by atoms with van der Waals surface area (Å²) in [6, 6.07) is 3.33. The first-order valence-electron chi connectivity index (χ1n) is 5.73. The number of rotatable bonds is 3. The van der Waals surface area contributed by atoms with Gasteiger partial charge in [0.15, 0.2) is 0 Å². The molecule has 1 aliphatic heterocycles. The van der Waals surface area contributed by atoms with E-state index in [9.17, 15) is 10.1 Å². The zero-order valence-corrected chi connectivity index (χ0v) is 9.72. The van der Waals surface area contributed by atoms with E-state index in [-0.39, 0.29) is 23.1 Å². The van der Waals surface area contributed by atoms with E-state index < -0.39 is 4.92 Å². The van der Waals surface area contributed by atoms with Gasteiger partial charge in [0.1, 0.15) is 11.6 Å². The van der Waals surface area contributed by atoms with Gasteiger partial charge in [0.25, 0.3) is 0 Å². The molecule has 7 heteroatoms. The van der Waals surface area contributed by atoms with E-state index in [4.69, 9.17) is 5.26 Å². The third-order valence-electron chi connectivity index (χ3n) is 2.91. The lowest BCUT2D eigenvalue weighted by Crippen LogP contribution is -2.35. The molecular weight excluding hydrogens is 234 g/mol. The van der Waals surface area contributed by atoms with Crippen LogP contribution in [0.15, 0.2) is 12.3 Å². The third-order valence-corrected chi connectivity index (χ3v) is 2.91. The van der Waals surface area contributed by atoms with Crippen LogP contribution in [-0.2, 0) is 0 Å². The van der Waals surface area contributed by atoms with Crippen LogP contribution in [0.4, 0.5) is 11.5 Å². The number of nitrogens with one attached hydrogen (secondary N) is 2. The van der Waals surface area contributed by atoms with Crippen molar-refractivity contribution in [2.45, 2.75) is 18.9 Å². The SMILES string of the molecule is N#Cc1ccnc(NC2CCNCC2)c1[N+](=O)[O-]. The first kappa shape index (κ1) is 12.3. The summed E-state index contributed by atoms with van der Waals surface area (Å²) in [4.78, 5) is 14.4. The predicted octanol–water partition coefficient (Wildman–Crippen LogP) is 1.03. The molecule has 0 aromatic carbocycles. The molecule has 18 heavy (non-hydrogen) atoms. The molecule has 0 saturated carbocycles. The highest BCUT2D eigenvalue weighted by Gasteiger charge is 2.23. The van der Waals surface area contributed by atoms with Crippen LogP contribution >= 0.6 is 0 Å². The van der Waals surface area contributed by atoms with Crippen molar-refractivity contribution >= 4 is 11.5 Å². The van der Waals surface area contributed by atoms with Gasteiger partial charge in [-0.15, -0.1) is 0 Å². The molecule has 0 unspecified atom stereocenters. The summed E-state index contributed by atoms with van der Waals surface area (Å²) in [5.41, 5.74) is -0.204. The summed E-state index contributed by atoms with van der Waals surface area (Å²) in [7, 11) is 0. The van der Waals surface area contributed by atoms with Gasteiger partial charge in [0.2, 0.25) is 5.82 Å². The summed E-state index contributed by atoms with van der Waals surface area (Å²) in [6.45, 7) is 1.76. The Balaban J connectivity index is 2.26. The highest BCUT2D eigenvalue weighted by Crippen LogP contribution is 2.27. The van der Waals surface area contributed by atoms with Crippen LogP contribution in [0.5, 0.6) is 0 Å². The molecule has 2 N–H and O–H groups in total. The summed E-state index contributed by atoms with van der Waals surface area (Å²) in [5.74, 6) is 0.186. The molecule has 94 valence electrons. The van der Waals surface area contributed by atoms with Crippen LogP contribution in [0.1, 0.15) is 18.4 Å². The quantitative estimate of drug-likeness (QED) is 0.610. The second kappa shape index (κ2) is 5.42. The van der Waals surface area contributed by atoms with E-state index in [0.29, 0.717) is 0 Å². The predicted molar refractivity (Wildman–Crippen MR) is 65.1 cm³/mol. The van der Waals surface area contributed by atoms with E-state index in [1.54, 1.807) is 0 Å². The Bertz CT molecular complexity index is 491. The van der Waals surface area contributed by atoms with E-state index >= 15 is 0 Å². The van der Waals surface area contributed by atoms with Gasteiger partial charge >= 0.3 is 5.69 Å². The monoisotopic (exact) mass is 247 g/mol. The minimum Gasteiger partial charge on any atom is -0.361 e. The lowest BCUT2D eigenvalue weighted by atomic mass is 10.1. The van der Waals surface area contributed by atoms with Crippen molar-refractivity contribution in [3.05, 3.63) is 27.9 Å². The third kappa shape index (κ3) is 2.55. The van der Waals surface area contributed by atoms with E-state index in [1.807, 2.05) is 6.07 Å². The molecule has 0 atom stereocenters. The van der Waals surface area contributed by atoms with E-state index in [1.165, 1.54) is 12.3 Å². The van der Waals surface area contributed by atoms with Crippen molar-refractivity contribution < 1.29 is 4.92 Å². The van der Waals surface area contributed by atoms with Crippen LogP contribution in [0.2, 0.25) is 0 Å². The average Bonchev–Trinajstić information content (AvgIpc) is 2.39. The number of anilines is 1. The van der Waals surface area contributed by atoms with Gasteiger partial charge < -0.3 is 10.6 Å². The minimum atomic E-state index is -0.561. The fraction of sp³-hybridized carbons (Fsp3) is 0.455. The molecule has 7 nitrogen and oxygen atoms in total. The lowest BCUT2D eigenvalue weighted by Gasteiger charge is -2.23. The summed E-state index contributed by atoms with van der Waals surface area (Å²) in [6.07, 6.45) is 3.18. The molecule has 0 spiro atoms. The number of aromatic nitrogens is 1. The molecule has 0 bridgehead atoms. The van der Waals surface area contributed by atoms with Gasteiger partial charge in [-0.2, -0.15) is 5.26 Å². The maximum atomic E-state index is 11.0. The van der Waals surface area contributed by atoms with Gasteiger partial charge in [-0.25, -0.2) is 4.98 Å². The summed E-state index contributed by atoms with van der Waals surface area (Å²) < 4.78 is 0. The van der Waals surface area contributed by atoms with Crippen molar-refractivity contribution in [2.24, 2.45) is 0 Å². The lowest BCUT2D eigenvalue weighted by molar-refractivity contribution is -0.384. The first-order chi connectivity index (χ1) is 8.72. The molecule has 2 rings (SSSR count). The first-order valence-corrected chi connectivity index (χ1v) is 5.73. The highest BCUT2D eigenvalue weighted by molar-refractivity contribution is 5.64. The zero-order valence-electron chi connectivity index (χ0n) is 9.72. The van der Waals surface area contributed by atoms with Crippen molar-refractivity contribution in [2.75, 3.05) is 18.4 Å². The standard InChI is InChI=1S/C11H13N5O2/c12-7-8-1-6-14-11(10(8)16(17)18)15-9-2-4-13-5-3-9/h1,6,9,13H,2-5H2,(H,14,15). The molecule has 1 aliphatic rings. The molecule has 0 aliphatic carbocycles. The Morgan fingerprint density at radius 2 is 2.28 bits per heavy atom. The van der Waals surface area contributed by atoms with Crippen LogP contribution in [0, 0.1) is 21.4 Å². The number of pyridine rings is 1. The van der Waals surface area contributed by atoms with Crippen LogP contribution in [0.3, 0.4) is 0 Å². The summed E-state index contributed by atoms with van der Waals surface area (Å²) in [5, 5.41) is 26.2. The van der Waals surface area contributed by atoms with Crippen molar-refractivity contribution in [3.63, 3.8) is 0 Å². The smallest absolute Gasteiger partial charge is 0.328 e. The van der Waals surface area contributed by atoms with Crippen LogP contribution < -0.4 is 10.6 Å². The van der Waals surface area contributed by atoms with Gasteiger partial charge in [0, 0.05) is 12.2 Å². The Morgan fingerprint density at radius 3 is 2.89 bits per heavy atom. The molecule has 2 heterocycles. The summed E-state index contributed by atoms with van der Waals surface area (Å²) >= 11 is 0. The molecule has 1 saturated heterocycles. The minimum absolute atomic E-state index is 0.0337. The second-order valence-electron chi connectivity index (χ2n) is 4.09. The normalized spacial score (nSPS) is 15.9. The number of hydrogen-bond acceptors (Lipinski definition) is 6. The molecule has 1 aromatic heterocycles. The maximum absolute atomic E-state index is 11.0. The maximum Gasteiger partial charge on any atom is 0.328 e. The van der Waals surface area contributed by atoms with Crippen molar-refractivity contribution in [1.82, 2.24) is 10.3 Å². The number of nitriles is 1. The Labute approximate surface area is 104 Å². The number of piperidine rings is 1. The molecule has 0 amide bonds. The fourth-order valence-corrected chi connectivity index (χ4v) is 1.99. The molecule has 0 radical (unpaired) electrons. The van der Waals surface area contributed by atoms with Gasteiger partial charge in [-0.05, 0) is 32.0 Å². The topological polar surface area (TPSA) is 104 Å². The Hall–Kier alpha value is -2.20. The van der Waals surface area contributed by atoms with E-state index in [2.05, 4.69) is 15.6 Å². The second-order valence-corrected chi connectivity index (χ2v) is 4.09. The van der Waals surface area contributed by atoms with E-state index in [0.717, 1.165) is 25.9 Å². The Kier molecular flexibility index (Phi) is 3.69. The number of nitrogens with zero attached hydrogens (tertiary/aromatic N) is 3. The van der Waals surface area contributed by atoms with Crippen LogP contribution in [-0.4, -0.2) is 29.0 Å². The number of nitro groups is 1. The van der Waals surface area contributed by atoms with Crippen molar-refractivity contribution in [1.29, 1.82) is 5.26 Å². The van der Waals surface area contributed by atoms with Gasteiger partial charge in [-0.3, -0.25) is 10.1 Å².